The standard InChI is InChI=1S/C26H20ClN5O2S/c1-13-20-22(18-9-7-17(8-10-18)19-6-4-5-16(11-19)12-28)29-21(14(2)26(33)34)24-31-30-15(3)32(24)25(20)35-23(13)27/h4-11,14,21H,1-3H3,(H,33,34)/t14?,21-/m0/s1. The highest BCUT2D eigenvalue weighted by Gasteiger charge is 2.36. The molecule has 1 unspecified atom stereocenters. The molecule has 3 heterocycles. The summed E-state index contributed by atoms with van der Waals surface area (Å²) >= 11 is 7.99. The minimum Gasteiger partial charge on any atom is -0.481 e. The number of benzene rings is 2. The molecule has 9 heteroatoms. The van der Waals surface area contributed by atoms with Crippen molar-refractivity contribution in [1.82, 2.24) is 14.8 Å². The average molecular weight is 502 g/mol. The number of aromatic nitrogens is 3. The summed E-state index contributed by atoms with van der Waals surface area (Å²) in [6.07, 6.45) is 0. The minimum absolute atomic E-state index is 0.483. The summed E-state index contributed by atoms with van der Waals surface area (Å²) in [5.74, 6) is -0.648. The summed E-state index contributed by atoms with van der Waals surface area (Å²) in [6.45, 7) is 5.41. The molecule has 1 aliphatic heterocycles. The number of halogens is 1. The van der Waals surface area contributed by atoms with E-state index in [0.29, 0.717) is 27.3 Å². The Hall–Kier alpha value is -3.80. The lowest BCUT2D eigenvalue weighted by Gasteiger charge is -2.16. The van der Waals surface area contributed by atoms with Gasteiger partial charge in [0.15, 0.2) is 5.82 Å². The van der Waals surface area contributed by atoms with Crippen LogP contribution in [0, 0.1) is 31.1 Å². The highest BCUT2D eigenvalue weighted by molar-refractivity contribution is 7.19. The van der Waals surface area contributed by atoms with Crippen LogP contribution in [-0.4, -0.2) is 31.6 Å². The number of carboxylic acids is 1. The van der Waals surface area contributed by atoms with Crippen molar-refractivity contribution in [3.8, 4) is 22.2 Å². The van der Waals surface area contributed by atoms with E-state index in [1.807, 2.05) is 60.9 Å². The average Bonchev–Trinajstić information content (AvgIpc) is 3.33. The van der Waals surface area contributed by atoms with Gasteiger partial charge in [-0.05, 0) is 49.6 Å². The van der Waals surface area contributed by atoms with Crippen LogP contribution in [0.5, 0.6) is 0 Å². The predicted molar refractivity (Wildman–Crippen MR) is 135 cm³/mol. The topological polar surface area (TPSA) is 104 Å². The van der Waals surface area contributed by atoms with Gasteiger partial charge in [-0.2, -0.15) is 5.26 Å². The van der Waals surface area contributed by atoms with Gasteiger partial charge in [-0.1, -0.05) is 48.0 Å². The third-order valence-electron chi connectivity index (χ3n) is 6.24. The molecule has 35 heavy (non-hydrogen) atoms. The molecule has 2 atom stereocenters. The first-order valence-electron chi connectivity index (χ1n) is 10.9. The zero-order chi connectivity index (χ0) is 24.9. The molecule has 1 N–H and O–H groups in total. The Balaban J connectivity index is 1.70. The summed E-state index contributed by atoms with van der Waals surface area (Å²) < 4.78 is 2.51. The van der Waals surface area contributed by atoms with Crippen molar-refractivity contribution >= 4 is 34.6 Å². The van der Waals surface area contributed by atoms with Gasteiger partial charge in [-0.25, -0.2) is 0 Å². The number of rotatable bonds is 4. The molecule has 2 aromatic heterocycles. The molecular weight excluding hydrogens is 482 g/mol. The Morgan fingerprint density at radius 1 is 1.14 bits per heavy atom. The van der Waals surface area contributed by atoms with Gasteiger partial charge in [0, 0.05) is 11.1 Å². The fourth-order valence-electron chi connectivity index (χ4n) is 4.27. The van der Waals surface area contributed by atoms with Crippen molar-refractivity contribution in [2.75, 3.05) is 0 Å². The molecule has 0 bridgehead atoms. The molecule has 7 nitrogen and oxygen atoms in total. The molecule has 174 valence electrons. The molecule has 0 aliphatic carbocycles. The first-order chi connectivity index (χ1) is 16.8. The molecule has 0 saturated carbocycles. The van der Waals surface area contributed by atoms with E-state index < -0.39 is 17.9 Å². The predicted octanol–water partition coefficient (Wildman–Crippen LogP) is 5.75. The number of nitrogens with zero attached hydrogens (tertiary/aromatic N) is 5. The summed E-state index contributed by atoms with van der Waals surface area (Å²) in [5, 5.41) is 28.4. The molecular formula is C26H20ClN5O2S. The Bertz CT molecular complexity index is 1540. The van der Waals surface area contributed by atoms with Gasteiger partial charge in [0.2, 0.25) is 0 Å². The molecule has 2 aromatic carbocycles. The van der Waals surface area contributed by atoms with Crippen LogP contribution in [-0.2, 0) is 4.79 Å². The second kappa shape index (κ2) is 8.77. The zero-order valence-electron chi connectivity index (χ0n) is 19.2. The van der Waals surface area contributed by atoms with Crippen LogP contribution in [0.2, 0.25) is 4.34 Å². The van der Waals surface area contributed by atoms with Crippen molar-refractivity contribution in [3.63, 3.8) is 0 Å². The van der Waals surface area contributed by atoms with Crippen LogP contribution in [0.1, 0.15) is 46.9 Å². The Morgan fingerprint density at radius 2 is 1.86 bits per heavy atom. The normalized spacial score (nSPS) is 15.4. The van der Waals surface area contributed by atoms with Gasteiger partial charge in [0.25, 0.3) is 0 Å². The van der Waals surface area contributed by atoms with E-state index in [-0.39, 0.29) is 0 Å². The van der Waals surface area contributed by atoms with Crippen molar-refractivity contribution < 1.29 is 9.90 Å². The maximum atomic E-state index is 12.0. The largest absolute Gasteiger partial charge is 0.481 e. The molecule has 0 radical (unpaired) electrons. The van der Waals surface area contributed by atoms with Crippen molar-refractivity contribution in [2.24, 2.45) is 10.9 Å². The van der Waals surface area contributed by atoms with E-state index in [1.165, 1.54) is 11.3 Å². The van der Waals surface area contributed by atoms with Crippen LogP contribution < -0.4 is 0 Å². The number of aliphatic carboxylic acids is 1. The third kappa shape index (κ3) is 3.83. The van der Waals surface area contributed by atoms with Crippen LogP contribution in [0.15, 0.2) is 53.5 Å². The lowest BCUT2D eigenvalue weighted by Crippen LogP contribution is -2.21. The Morgan fingerprint density at radius 3 is 2.54 bits per heavy atom. The Kier molecular flexibility index (Phi) is 5.75. The summed E-state index contributed by atoms with van der Waals surface area (Å²) in [4.78, 5) is 17.0. The number of hydrogen-bond acceptors (Lipinski definition) is 6. The molecule has 0 amide bonds. The number of fused-ring (bicyclic) bond motifs is 3. The van der Waals surface area contributed by atoms with E-state index in [0.717, 1.165) is 32.8 Å². The van der Waals surface area contributed by atoms with Gasteiger partial charge < -0.3 is 5.11 Å². The zero-order valence-corrected chi connectivity index (χ0v) is 20.7. The van der Waals surface area contributed by atoms with Crippen LogP contribution in [0.4, 0.5) is 0 Å². The van der Waals surface area contributed by atoms with E-state index >= 15 is 0 Å². The van der Waals surface area contributed by atoms with Gasteiger partial charge in [-0.15, -0.1) is 21.5 Å². The van der Waals surface area contributed by atoms with Crippen molar-refractivity contribution in [1.29, 1.82) is 5.26 Å². The molecule has 4 aromatic rings. The first-order valence-corrected chi connectivity index (χ1v) is 12.1. The highest BCUT2D eigenvalue weighted by atomic mass is 35.5. The van der Waals surface area contributed by atoms with Crippen molar-refractivity contribution in [3.05, 3.63) is 86.8 Å². The lowest BCUT2D eigenvalue weighted by molar-refractivity contribution is -0.141. The SMILES string of the molecule is Cc1c(Cl)sc2c1C(c1ccc(-c3cccc(C#N)c3)cc1)=N[C@@H](C(C)C(=O)O)c1nnc(C)n1-2. The first kappa shape index (κ1) is 23.0. The fraction of sp³-hybridized carbons (Fsp3) is 0.192. The lowest BCUT2D eigenvalue weighted by atomic mass is 9.96. The number of carbonyl (C=O) groups is 1. The van der Waals surface area contributed by atoms with E-state index in [4.69, 9.17) is 16.6 Å². The third-order valence-corrected chi connectivity index (χ3v) is 7.82. The molecule has 5 rings (SSSR count). The second-order valence-corrected chi connectivity index (χ2v) is 10.0. The second-order valence-electron chi connectivity index (χ2n) is 8.44. The molecule has 0 saturated heterocycles. The smallest absolute Gasteiger partial charge is 0.308 e. The number of nitriles is 1. The summed E-state index contributed by atoms with van der Waals surface area (Å²) in [7, 11) is 0. The number of aliphatic imine (C=N–C) groups is 1. The number of thiophene rings is 1. The minimum atomic E-state index is -0.960. The molecule has 1 aliphatic rings. The van der Waals surface area contributed by atoms with Crippen LogP contribution in [0.25, 0.3) is 16.1 Å². The quantitative estimate of drug-likeness (QED) is 0.383. The van der Waals surface area contributed by atoms with Crippen LogP contribution >= 0.6 is 22.9 Å². The summed E-state index contributed by atoms with van der Waals surface area (Å²) in [5.41, 5.74) is 5.72. The van der Waals surface area contributed by atoms with E-state index in [2.05, 4.69) is 16.3 Å². The van der Waals surface area contributed by atoms with Gasteiger partial charge >= 0.3 is 5.97 Å². The van der Waals surface area contributed by atoms with E-state index in [1.54, 1.807) is 13.0 Å². The Labute approximate surface area is 211 Å². The number of hydrogen-bond donors (Lipinski definition) is 1. The fourth-order valence-corrected chi connectivity index (χ4v) is 5.68. The maximum Gasteiger partial charge on any atom is 0.308 e. The van der Waals surface area contributed by atoms with Crippen LogP contribution in [0.3, 0.4) is 0 Å². The molecule has 0 fully saturated rings. The highest BCUT2D eigenvalue weighted by Crippen LogP contribution is 2.42. The molecule has 0 spiro atoms. The number of carboxylic acid groups (broad SMARTS) is 1. The van der Waals surface area contributed by atoms with Gasteiger partial charge in [-0.3, -0.25) is 14.4 Å². The summed E-state index contributed by atoms with van der Waals surface area (Å²) in [6, 6.07) is 16.7. The van der Waals surface area contributed by atoms with Crippen molar-refractivity contribution in [2.45, 2.75) is 26.8 Å². The van der Waals surface area contributed by atoms with Gasteiger partial charge in [0.05, 0.1) is 27.6 Å². The monoisotopic (exact) mass is 501 g/mol. The van der Waals surface area contributed by atoms with E-state index in [9.17, 15) is 15.2 Å². The maximum absolute atomic E-state index is 12.0. The van der Waals surface area contributed by atoms with Gasteiger partial charge in [0.1, 0.15) is 16.9 Å². The number of aryl methyl sites for hydroxylation is 1.